The highest BCUT2D eigenvalue weighted by atomic mass is 16.5. The molecule has 1 aromatic heterocycles. The topological polar surface area (TPSA) is 77.5 Å². The summed E-state index contributed by atoms with van der Waals surface area (Å²) in [4.78, 5) is 14.0. The van der Waals surface area contributed by atoms with Gasteiger partial charge in [0.2, 0.25) is 0 Å². The summed E-state index contributed by atoms with van der Waals surface area (Å²) in [5, 5.41) is 7.61. The Kier molecular flexibility index (Phi) is 5.10. The molecule has 3 rings (SSSR count). The van der Waals surface area contributed by atoms with Crippen molar-refractivity contribution >= 4 is 22.8 Å². The molecule has 0 saturated carbocycles. The number of guanidine groups is 1. The van der Waals surface area contributed by atoms with Gasteiger partial charge >= 0.3 is 5.96 Å². The van der Waals surface area contributed by atoms with Gasteiger partial charge < -0.3 is 4.74 Å². The number of anilines is 1. The molecule has 2 heterocycles. The molecule has 0 fully saturated rings. The Labute approximate surface area is 142 Å². The third kappa shape index (κ3) is 3.73. The lowest BCUT2D eigenvalue weighted by Crippen LogP contribution is -3.24. The number of hydrogen-bond acceptors (Lipinski definition) is 5. The smallest absolute Gasteiger partial charge is 0.359 e. The second-order valence-electron chi connectivity index (χ2n) is 5.95. The number of aromatic nitrogens is 2. The highest BCUT2D eigenvalue weighted by Gasteiger charge is 2.20. The number of rotatable bonds is 5. The van der Waals surface area contributed by atoms with Gasteiger partial charge in [-0.3, -0.25) is 4.90 Å². The number of nitrogens with one attached hydrogen (secondary N) is 4. The SMILES string of the molecule is CCC[NH+]1CNC(Nc2nc(C)c3cc(OCC)ccc3n2)=[NH+]C1. The lowest BCUT2D eigenvalue weighted by molar-refractivity contribution is -0.980. The van der Waals surface area contributed by atoms with Crippen molar-refractivity contribution in [1.82, 2.24) is 15.3 Å². The van der Waals surface area contributed by atoms with Crippen LogP contribution in [0.15, 0.2) is 18.2 Å². The van der Waals surface area contributed by atoms with Gasteiger partial charge in [-0.25, -0.2) is 20.6 Å². The fourth-order valence-corrected chi connectivity index (χ4v) is 2.86. The molecule has 0 bridgehead atoms. The van der Waals surface area contributed by atoms with E-state index in [1.807, 2.05) is 32.0 Å². The molecule has 0 amide bonds. The van der Waals surface area contributed by atoms with Crippen LogP contribution in [-0.2, 0) is 0 Å². The van der Waals surface area contributed by atoms with Crippen LogP contribution in [0.2, 0.25) is 0 Å². The van der Waals surface area contributed by atoms with E-state index in [0.29, 0.717) is 12.6 Å². The Morgan fingerprint density at radius 2 is 2.21 bits per heavy atom. The first-order chi connectivity index (χ1) is 11.7. The molecular weight excluding hydrogens is 304 g/mol. The highest BCUT2D eigenvalue weighted by Crippen LogP contribution is 2.22. The van der Waals surface area contributed by atoms with Crippen LogP contribution in [0.4, 0.5) is 5.95 Å². The van der Waals surface area contributed by atoms with Crippen LogP contribution in [0.1, 0.15) is 26.0 Å². The lowest BCUT2D eigenvalue weighted by atomic mass is 10.2. The number of aryl methyl sites for hydroxylation is 1. The predicted molar refractivity (Wildman–Crippen MR) is 94.0 cm³/mol. The minimum absolute atomic E-state index is 0.595. The van der Waals surface area contributed by atoms with Crippen molar-refractivity contribution in [3.05, 3.63) is 23.9 Å². The molecule has 4 N–H and O–H groups in total. The Morgan fingerprint density at radius 1 is 1.33 bits per heavy atom. The van der Waals surface area contributed by atoms with Crippen molar-refractivity contribution in [2.75, 3.05) is 31.8 Å². The first-order valence-corrected chi connectivity index (χ1v) is 8.56. The monoisotopic (exact) mass is 330 g/mol. The zero-order valence-corrected chi connectivity index (χ0v) is 14.6. The van der Waals surface area contributed by atoms with Gasteiger partial charge in [-0.1, -0.05) is 6.92 Å². The van der Waals surface area contributed by atoms with E-state index in [0.717, 1.165) is 48.2 Å². The molecule has 1 aromatic carbocycles. The molecule has 0 saturated heterocycles. The number of nitrogens with zero attached hydrogens (tertiary/aromatic N) is 2. The number of fused-ring (bicyclic) bond motifs is 1. The fraction of sp³-hybridized carbons (Fsp3) is 0.471. The van der Waals surface area contributed by atoms with Crippen LogP contribution in [-0.4, -0.2) is 42.4 Å². The van der Waals surface area contributed by atoms with E-state index < -0.39 is 0 Å². The van der Waals surface area contributed by atoms with E-state index in [1.165, 1.54) is 11.3 Å². The first kappa shape index (κ1) is 16.4. The van der Waals surface area contributed by atoms with Crippen LogP contribution < -0.4 is 25.3 Å². The van der Waals surface area contributed by atoms with Crippen LogP contribution in [0, 0.1) is 6.92 Å². The molecule has 1 unspecified atom stereocenters. The Bertz CT molecular complexity index is 745. The van der Waals surface area contributed by atoms with Crippen LogP contribution in [0.3, 0.4) is 0 Å². The van der Waals surface area contributed by atoms with Gasteiger partial charge in [-0.15, -0.1) is 0 Å². The molecule has 1 aliphatic rings. The molecule has 0 aliphatic carbocycles. The van der Waals surface area contributed by atoms with E-state index >= 15 is 0 Å². The second kappa shape index (κ2) is 7.44. The normalized spacial score (nSPS) is 17.3. The van der Waals surface area contributed by atoms with Gasteiger partial charge in [-0.2, -0.15) is 4.98 Å². The summed E-state index contributed by atoms with van der Waals surface area (Å²) in [5.74, 6) is 2.30. The Hall–Kier alpha value is -2.41. The average molecular weight is 330 g/mol. The fourth-order valence-electron chi connectivity index (χ4n) is 2.86. The van der Waals surface area contributed by atoms with Crippen LogP contribution >= 0.6 is 0 Å². The summed E-state index contributed by atoms with van der Waals surface area (Å²) in [7, 11) is 0. The maximum absolute atomic E-state index is 5.55. The molecule has 7 heteroatoms. The van der Waals surface area contributed by atoms with Crippen molar-refractivity contribution in [3.8, 4) is 5.75 Å². The van der Waals surface area contributed by atoms with Crippen molar-refractivity contribution in [2.45, 2.75) is 27.2 Å². The third-order valence-electron chi connectivity index (χ3n) is 4.04. The quantitative estimate of drug-likeness (QED) is 0.566. The van der Waals surface area contributed by atoms with Gasteiger partial charge in [0.1, 0.15) is 5.75 Å². The maximum Gasteiger partial charge on any atom is 0.359 e. The van der Waals surface area contributed by atoms with Gasteiger partial charge in [0.25, 0.3) is 5.95 Å². The number of ether oxygens (including phenoxy) is 1. The predicted octanol–water partition coefficient (Wildman–Crippen LogP) is -1.00. The van der Waals surface area contributed by atoms with E-state index in [-0.39, 0.29) is 0 Å². The molecule has 1 aliphatic heterocycles. The molecule has 0 radical (unpaired) electrons. The Balaban J connectivity index is 1.77. The molecule has 128 valence electrons. The molecule has 2 aromatic rings. The first-order valence-electron chi connectivity index (χ1n) is 8.56. The van der Waals surface area contributed by atoms with Crippen molar-refractivity contribution in [2.24, 2.45) is 0 Å². The molecule has 7 nitrogen and oxygen atoms in total. The summed E-state index contributed by atoms with van der Waals surface area (Å²) in [6, 6.07) is 5.91. The number of hydrogen-bond donors (Lipinski definition) is 4. The summed E-state index contributed by atoms with van der Waals surface area (Å²) in [6.45, 7) is 9.77. The van der Waals surface area contributed by atoms with Crippen molar-refractivity contribution in [3.63, 3.8) is 0 Å². The summed E-state index contributed by atoms with van der Waals surface area (Å²) < 4.78 is 5.55. The average Bonchev–Trinajstić information content (AvgIpc) is 2.58. The van der Waals surface area contributed by atoms with E-state index in [4.69, 9.17) is 4.74 Å². The molecule has 24 heavy (non-hydrogen) atoms. The minimum atomic E-state index is 0.595. The number of quaternary nitrogens is 1. The lowest BCUT2D eigenvalue weighted by Gasteiger charge is -2.19. The van der Waals surface area contributed by atoms with Crippen LogP contribution in [0.5, 0.6) is 5.75 Å². The van der Waals surface area contributed by atoms with Gasteiger partial charge in [0.15, 0.2) is 13.3 Å². The largest absolute Gasteiger partial charge is 0.494 e. The van der Waals surface area contributed by atoms with E-state index in [2.05, 4.69) is 32.5 Å². The van der Waals surface area contributed by atoms with E-state index in [9.17, 15) is 0 Å². The molecule has 0 spiro atoms. The standard InChI is InChI=1S/C17H24N6O/c1-4-8-23-10-18-16(19-11-23)22-17-20-12(3)14-9-13(24-5-2)6-7-15(14)21-17/h6-7,9H,4-5,8,10-11H2,1-3H3,(H2,18,19,20,21,22)/p+2. The van der Waals surface area contributed by atoms with Crippen molar-refractivity contribution < 1.29 is 14.6 Å². The van der Waals surface area contributed by atoms with E-state index in [1.54, 1.807) is 0 Å². The summed E-state index contributed by atoms with van der Waals surface area (Å²) in [5.41, 5.74) is 1.83. The Morgan fingerprint density at radius 3 is 2.92 bits per heavy atom. The minimum Gasteiger partial charge on any atom is -0.494 e. The van der Waals surface area contributed by atoms with Gasteiger partial charge in [-0.05, 0) is 38.5 Å². The zero-order valence-electron chi connectivity index (χ0n) is 14.6. The number of benzene rings is 1. The molecular formula is C17H26N6O+2. The summed E-state index contributed by atoms with van der Waals surface area (Å²) >= 11 is 0. The third-order valence-corrected chi connectivity index (χ3v) is 4.04. The highest BCUT2D eigenvalue weighted by molar-refractivity contribution is 5.89. The van der Waals surface area contributed by atoms with Gasteiger partial charge in [0.05, 0.1) is 24.4 Å². The van der Waals surface area contributed by atoms with Gasteiger partial charge in [0, 0.05) is 5.39 Å². The summed E-state index contributed by atoms with van der Waals surface area (Å²) in [6.07, 6.45) is 1.18. The molecule has 1 atom stereocenters. The van der Waals surface area contributed by atoms with Crippen molar-refractivity contribution in [1.29, 1.82) is 0 Å². The van der Waals surface area contributed by atoms with Crippen LogP contribution in [0.25, 0.3) is 10.9 Å². The maximum atomic E-state index is 5.55. The zero-order chi connectivity index (χ0) is 16.9. The second-order valence-corrected chi connectivity index (χ2v) is 5.95.